The van der Waals surface area contributed by atoms with Gasteiger partial charge >= 0.3 is 5.97 Å². The van der Waals surface area contributed by atoms with E-state index in [2.05, 4.69) is 31.9 Å². The number of aliphatic hydroxyl groups excluding tert-OH is 1. The Morgan fingerprint density at radius 3 is 1.77 bits per heavy atom. The molecule has 47 heavy (non-hydrogen) atoms. The van der Waals surface area contributed by atoms with Crippen LogP contribution in [0.15, 0.2) is 60.7 Å². The van der Waals surface area contributed by atoms with Crippen molar-refractivity contribution in [2.75, 3.05) is 19.7 Å². The molecule has 1 aliphatic rings. The van der Waals surface area contributed by atoms with Crippen LogP contribution in [0.1, 0.15) is 36.8 Å². The molecule has 254 valence electrons. The SMILES string of the molecule is N=C(N)NCCC[C@H](NC(=O)[C@@H]1CCCN1)C(=O)N[C@@H](Cc1ccccc1)C(=O)N[C@@H](Cc1ccccc1)C(=O)N[C@@H](CO)C(=O)O. The van der Waals surface area contributed by atoms with E-state index in [1.165, 1.54) is 0 Å². The lowest BCUT2D eigenvalue weighted by Gasteiger charge is -2.26. The number of hydrogen-bond donors (Lipinski definition) is 10. The van der Waals surface area contributed by atoms with E-state index in [1.807, 2.05) is 0 Å². The smallest absolute Gasteiger partial charge is 0.328 e. The zero-order chi connectivity index (χ0) is 34.2. The van der Waals surface area contributed by atoms with Crippen molar-refractivity contribution in [3.05, 3.63) is 71.8 Å². The average molecular weight is 653 g/mol. The molecule has 2 aromatic carbocycles. The van der Waals surface area contributed by atoms with Crippen LogP contribution >= 0.6 is 0 Å². The lowest BCUT2D eigenvalue weighted by atomic mass is 10.0. The number of aliphatic carboxylic acids is 1. The number of carboxylic acids is 1. The van der Waals surface area contributed by atoms with Gasteiger partial charge in [-0.3, -0.25) is 24.6 Å². The van der Waals surface area contributed by atoms with Crippen molar-refractivity contribution in [3.8, 4) is 0 Å². The summed E-state index contributed by atoms with van der Waals surface area (Å²) < 4.78 is 0. The molecule has 11 N–H and O–H groups in total. The van der Waals surface area contributed by atoms with E-state index in [0.29, 0.717) is 30.5 Å². The number of carbonyl (C=O) groups excluding carboxylic acids is 4. The molecule has 5 atom stereocenters. The molecule has 2 aromatic rings. The molecule has 15 nitrogen and oxygen atoms in total. The minimum absolute atomic E-state index is 0.00158. The first-order valence-electron chi connectivity index (χ1n) is 15.5. The van der Waals surface area contributed by atoms with Gasteiger partial charge in [0.25, 0.3) is 0 Å². The van der Waals surface area contributed by atoms with Crippen LogP contribution in [-0.2, 0) is 36.8 Å². The topological polar surface area (TPSA) is 248 Å². The highest BCUT2D eigenvalue weighted by Crippen LogP contribution is 2.10. The summed E-state index contributed by atoms with van der Waals surface area (Å²) in [5.74, 6) is -4.18. The average Bonchev–Trinajstić information content (AvgIpc) is 3.60. The molecular formula is C32H44N8O7. The minimum Gasteiger partial charge on any atom is -0.480 e. The second-order valence-corrected chi connectivity index (χ2v) is 11.3. The Labute approximate surface area is 273 Å². The molecule has 1 aliphatic heterocycles. The predicted molar refractivity (Wildman–Crippen MR) is 173 cm³/mol. The van der Waals surface area contributed by atoms with Crippen molar-refractivity contribution in [2.24, 2.45) is 5.73 Å². The Morgan fingerprint density at radius 1 is 0.809 bits per heavy atom. The van der Waals surface area contributed by atoms with Crippen molar-refractivity contribution >= 4 is 35.6 Å². The first-order chi connectivity index (χ1) is 22.6. The molecular weight excluding hydrogens is 608 g/mol. The predicted octanol–water partition coefficient (Wildman–Crippen LogP) is -1.50. The number of hydrogen-bond acceptors (Lipinski definition) is 8. The van der Waals surface area contributed by atoms with Gasteiger partial charge in [0.1, 0.15) is 24.2 Å². The van der Waals surface area contributed by atoms with Gasteiger partial charge in [-0.1, -0.05) is 60.7 Å². The fraction of sp³-hybridized carbons (Fsp3) is 0.438. The van der Waals surface area contributed by atoms with E-state index >= 15 is 0 Å². The van der Waals surface area contributed by atoms with Gasteiger partial charge in [-0.25, -0.2) is 4.79 Å². The number of carboxylic acid groups (broad SMARTS) is 1. The molecule has 0 saturated carbocycles. The molecule has 4 amide bonds. The van der Waals surface area contributed by atoms with E-state index in [9.17, 15) is 34.2 Å². The Morgan fingerprint density at radius 2 is 1.32 bits per heavy atom. The van der Waals surface area contributed by atoms with Gasteiger partial charge in [0.2, 0.25) is 23.6 Å². The second-order valence-electron chi connectivity index (χ2n) is 11.3. The third kappa shape index (κ3) is 12.4. The van der Waals surface area contributed by atoms with E-state index < -0.39 is 60.5 Å². The number of guanidine groups is 1. The summed E-state index contributed by atoms with van der Waals surface area (Å²) in [5.41, 5.74) is 6.75. The summed E-state index contributed by atoms with van der Waals surface area (Å²) in [7, 11) is 0. The molecule has 1 saturated heterocycles. The summed E-state index contributed by atoms with van der Waals surface area (Å²) in [5, 5.41) is 42.4. The van der Waals surface area contributed by atoms with Gasteiger partial charge < -0.3 is 47.8 Å². The van der Waals surface area contributed by atoms with E-state index in [-0.39, 0.29) is 37.7 Å². The van der Waals surface area contributed by atoms with Crippen LogP contribution in [0.4, 0.5) is 0 Å². The highest BCUT2D eigenvalue weighted by atomic mass is 16.4. The zero-order valence-electron chi connectivity index (χ0n) is 26.0. The molecule has 3 rings (SSSR count). The van der Waals surface area contributed by atoms with E-state index in [4.69, 9.17) is 11.1 Å². The maximum Gasteiger partial charge on any atom is 0.328 e. The van der Waals surface area contributed by atoms with Crippen molar-refractivity contribution in [3.63, 3.8) is 0 Å². The molecule has 0 spiro atoms. The fourth-order valence-corrected chi connectivity index (χ4v) is 5.10. The van der Waals surface area contributed by atoms with Crippen molar-refractivity contribution < 1.29 is 34.2 Å². The van der Waals surface area contributed by atoms with Crippen molar-refractivity contribution in [2.45, 2.75) is 68.7 Å². The first-order valence-corrected chi connectivity index (χ1v) is 15.5. The number of benzene rings is 2. The van der Waals surface area contributed by atoms with Crippen LogP contribution < -0.4 is 37.6 Å². The van der Waals surface area contributed by atoms with Crippen LogP contribution in [0.25, 0.3) is 0 Å². The number of rotatable bonds is 18. The third-order valence-corrected chi connectivity index (χ3v) is 7.62. The minimum atomic E-state index is -1.59. The quantitative estimate of drug-likeness (QED) is 0.0507. The summed E-state index contributed by atoms with van der Waals surface area (Å²) in [4.78, 5) is 65.2. The van der Waals surface area contributed by atoms with E-state index in [0.717, 1.165) is 6.42 Å². The maximum atomic E-state index is 13.9. The van der Waals surface area contributed by atoms with Crippen molar-refractivity contribution in [1.29, 1.82) is 5.41 Å². The van der Waals surface area contributed by atoms with E-state index in [1.54, 1.807) is 60.7 Å². The standard InChI is InChI=1S/C32H44N8O7/c33-32(34)36-16-8-14-23(37-27(42)22-13-7-15-35-22)28(43)38-24(17-20-9-3-1-4-10-20)29(44)39-25(18-21-11-5-2-6-12-21)30(45)40-26(19-41)31(46)47/h1-6,9-12,22-26,35,41H,7-8,13-19H2,(H,37,42)(H,38,43)(H,39,44)(H,40,45)(H,46,47)(H4,33,34,36)/t22-,23-,24-,25-,26-/m0/s1. The zero-order valence-corrected chi connectivity index (χ0v) is 26.0. The van der Waals surface area contributed by atoms with Crippen molar-refractivity contribution in [1.82, 2.24) is 31.9 Å². The summed E-state index contributed by atoms with van der Waals surface area (Å²) in [6.45, 7) is 0.108. The Bertz CT molecular complexity index is 1360. The number of carbonyl (C=O) groups is 5. The molecule has 0 unspecified atom stereocenters. The molecule has 15 heteroatoms. The number of aliphatic hydroxyl groups is 1. The fourth-order valence-electron chi connectivity index (χ4n) is 5.10. The van der Waals surface area contributed by atoms with Gasteiger partial charge in [0.05, 0.1) is 12.6 Å². The van der Waals surface area contributed by atoms with Gasteiger partial charge in [0.15, 0.2) is 5.96 Å². The Balaban J connectivity index is 1.84. The highest BCUT2D eigenvalue weighted by Gasteiger charge is 2.32. The van der Waals surface area contributed by atoms with Gasteiger partial charge in [-0.05, 0) is 43.4 Å². The number of nitrogens with two attached hydrogens (primary N) is 1. The van der Waals surface area contributed by atoms with Crippen LogP contribution in [0.2, 0.25) is 0 Å². The maximum absolute atomic E-state index is 13.9. The first kappa shape index (κ1) is 36.4. The molecule has 0 aliphatic carbocycles. The molecule has 0 radical (unpaired) electrons. The molecule has 0 bridgehead atoms. The Hall–Kier alpha value is -5.02. The van der Waals surface area contributed by atoms with Gasteiger partial charge in [-0.2, -0.15) is 0 Å². The summed E-state index contributed by atoms with van der Waals surface area (Å²) in [6, 6.07) is 12.2. The second kappa shape index (κ2) is 18.8. The van der Waals surface area contributed by atoms with Crippen LogP contribution in [-0.4, -0.2) is 95.7 Å². The van der Waals surface area contributed by atoms with Crippen LogP contribution in [0, 0.1) is 5.41 Å². The lowest BCUT2D eigenvalue weighted by molar-refractivity contribution is -0.143. The summed E-state index contributed by atoms with van der Waals surface area (Å²) >= 11 is 0. The molecule has 0 aromatic heterocycles. The summed E-state index contributed by atoms with van der Waals surface area (Å²) in [6.07, 6.45) is 2.04. The number of nitrogens with one attached hydrogen (secondary N) is 7. The highest BCUT2D eigenvalue weighted by molar-refractivity contribution is 5.95. The molecule has 1 fully saturated rings. The largest absolute Gasteiger partial charge is 0.480 e. The normalized spacial score (nSPS) is 16.5. The van der Waals surface area contributed by atoms with Gasteiger partial charge in [-0.15, -0.1) is 0 Å². The monoisotopic (exact) mass is 652 g/mol. The lowest BCUT2D eigenvalue weighted by Crippen LogP contribution is -2.59. The van der Waals surface area contributed by atoms with Crippen LogP contribution in [0.5, 0.6) is 0 Å². The van der Waals surface area contributed by atoms with Gasteiger partial charge in [0, 0.05) is 19.4 Å². The number of amides is 4. The van der Waals surface area contributed by atoms with Crippen LogP contribution in [0.3, 0.4) is 0 Å². The Kier molecular flexibility index (Phi) is 14.6. The molecule has 1 heterocycles. The third-order valence-electron chi connectivity index (χ3n) is 7.62.